The molecule has 0 aliphatic carbocycles. The van der Waals surface area contributed by atoms with Gasteiger partial charge in [-0.15, -0.1) is 23.3 Å². The number of nitrogens with one attached hydrogen (secondary N) is 3. The molecule has 1 rings (SSSR count). The van der Waals surface area contributed by atoms with E-state index in [4.69, 9.17) is 17.2 Å². The summed E-state index contributed by atoms with van der Waals surface area (Å²) in [6, 6.07) is 7.78. The summed E-state index contributed by atoms with van der Waals surface area (Å²) in [6.45, 7) is 11.7. The van der Waals surface area contributed by atoms with Crippen LogP contribution >= 0.6 is 0 Å². The molecule has 3 atom stereocenters. The molecule has 0 saturated heterocycles. The van der Waals surface area contributed by atoms with E-state index in [9.17, 15) is 4.11 Å². The Hall–Kier alpha value is 0.247. The largest absolute Gasteiger partial charge is 4.00 e. The van der Waals surface area contributed by atoms with Crippen molar-refractivity contribution in [2.45, 2.75) is 78.9 Å². The van der Waals surface area contributed by atoms with Crippen molar-refractivity contribution < 1.29 is 30.0 Å². The molecule has 0 amide bonds. The minimum Gasteiger partial charge on any atom is -0.675 e. The standard InChI is InChI=1S/C5H6FSi.3C4H10N.Hf/c6-7-5-3-1-2-4-5;3*1-3-4(2)5;/h1-4H,7H2;3*4-5H,3H2,1-2H3;/q4*-1;+4. The summed E-state index contributed by atoms with van der Waals surface area (Å²) < 4.78 is 11.7. The third-order valence-electron chi connectivity index (χ3n) is 2.72. The third-order valence-corrected chi connectivity index (χ3v) is 3.50. The van der Waals surface area contributed by atoms with Crippen molar-refractivity contribution in [3.05, 3.63) is 41.5 Å². The average molecular weight is 508 g/mol. The molecule has 0 spiro atoms. The van der Waals surface area contributed by atoms with Crippen LogP contribution in [0.2, 0.25) is 0 Å². The predicted molar refractivity (Wildman–Crippen MR) is 104 cm³/mol. The molecular weight excluding hydrogens is 472 g/mol. The Balaban J connectivity index is -0.000000105. The molecule has 0 radical (unpaired) electrons. The monoisotopic (exact) mass is 509 g/mol. The molecule has 0 aromatic heterocycles. The maximum atomic E-state index is 11.7. The Kier molecular flexibility index (Phi) is 33.1. The van der Waals surface area contributed by atoms with Crippen molar-refractivity contribution in [1.29, 1.82) is 0 Å². The predicted octanol–water partition coefficient (Wildman–Crippen LogP) is 5.59. The molecule has 1 aromatic rings. The molecule has 6 heteroatoms. The van der Waals surface area contributed by atoms with Gasteiger partial charge in [0.25, 0.3) is 0 Å². The second-order valence-electron chi connectivity index (χ2n) is 5.35. The van der Waals surface area contributed by atoms with Crippen LogP contribution in [0.1, 0.15) is 60.8 Å². The van der Waals surface area contributed by atoms with Crippen molar-refractivity contribution in [3.8, 4) is 0 Å². The van der Waals surface area contributed by atoms with Crippen LogP contribution in [0.15, 0.2) is 24.3 Å². The second kappa shape index (κ2) is 24.5. The maximum absolute atomic E-state index is 11.7. The number of hydrogen-bond acceptors (Lipinski definition) is 0. The maximum Gasteiger partial charge on any atom is 4.00 e. The Bertz CT molecular complexity index is 262. The van der Waals surface area contributed by atoms with Crippen LogP contribution in [0.25, 0.3) is 17.2 Å². The van der Waals surface area contributed by atoms with Crippen LogP contribution in [0, 0.1) is 0 Å². The van der Waals surface area contributed by atoms with Crippen molar-refractivity contribution in [2.24, 2.45) is 0 Å². The van der Waals surface area contributed by atoms with Gasteiger partial charge in [0, 0.05) is 0 Å². The second-order valence-corrected chi connectivity index (χ2v) is 6.44. The van der Waals surface area contributed by atoms with E-state index in [0.29, 0.717) is 0 Å². The van der Waals surface area contributed by atoms with E-state index >= 15 is 0 Å². The first-order valence-corrected chi connectivity index (χ1v) is 9.38. The molecule has 0 saturated carbocycles. The van der Waals surface area contributed by atoms with Crippen molar-refractivity contribution in [3.63, 3.8) is 0 Å². The molecule has 3 unspecified atom stereocenters. The summed E-state index contributed by atoms with van der Waals surface area (Å²) >= 11 is 0. The van der Waals surface area contributed by atoms with E-state index in [-0.39, 0.29) is 44.0 Å². The van der Waals surface area contributed by atoms with Crippen molar-refractivity contribution in [2.75, 3.05) is 0 Å². The van der Waals surface area contributed by atoms with Crippen LogP contribution in [0.5, 0.6) is 0 Å². The van der Waals surface area contributed by atoms with Gasteiger partial charge in [-0.2, -0.15) is 12.1 Å². The first kappa shape index (κ1) is 31.1. The molecule has 3 nitrogen and oxygen atoms in total. The van der Waals surface area contributed by atoms with Gasteiger partial charge >= 0.3 is 25.8 Å². The summed E-state index contributed by atoms with van der Waals surface area (Å²) in [5.74, 6) is 0. The van der Waals surface area contributed by atoms with E-state index in [0.717, 1.165) is 24.4 Å². The molecule has 1 aromatic carbocycles. The van der Waals surface area contributed by atoms with E-state index in [1.165, 1.54) is 0 Å². The summed E-state index contributed by atoms with van der Waals surface area (Å²) in [7, 11) is -1.37. The summed E-state index contributed by atoms with van der Waals surface area (Å²) in [4.78, 5) is 0. The van der Waals surface area contributed by atoms with Gasteiger partial charge in [0.15, 0.2) is 9.85 Å². The van der Waals surface area contributed by atoms with Gasteiger partial charge in [-0.1, -0.05) is 60.8 Å². The molecule has 0 aliphatic rings. The van der Waals surface area contributed by atoms with Crippen LogP contribution < -0.4 is 5.19 Å². The Morgan fingerprint density at radius 1 is 0.826 bits per heavy atom. The zero-order valence-electron chi connectivity index (χ0n) is 15.7. The van der Waals surface area contributed by atoms with Gasteiger partial charge in [0.2, 0.25) is 0 Å². The van der Waals surface area contributed by atoms with Gasteiger partial charge in [0.1, 0.15) is 0 Å². The van der Waals surface area contributed by atoms with Crippen LogP contribution in [0.3, 0.4) is 0 Å². The average Bonchev–Trinajstić information content (AvgIpc) is 3.02. The fourth-order valence-corrected chi connectivity index (χ4v) is 0.953. The SMILES string of the molecule is CCC(C)[NH-].CCC(C)[NH-].CCC(C)[NH-].F[SiH2][c-]1cccc1.[Hf+4]. The minimum absolute atomic E-state index is 0. The number of hydrogen-bond donors (Lipinski definition) is 0. The fourth-order valence-electron chi connectivity index (χ4n) is 0.503. The molecule has 134 valence electrons. The molecule has 0 heterocycles. The number of rotatable bonds is 4. The Morgan fingerprint density at radius 3 is 1.13 bits per heavy atom. The summed E-state index contributed by atoms with van der Waals surface area (Å²) in [5.41, 5.74) is 20.5. The van der Waals surface area contributed by atoms with Crippen molar-refractivity contribution in [1.82, 2.24) is 0 Å². The molecule has 23 heavy (non-hydrogen) atoms. The third kappa shape index (κ3) is 39.2. The topological polar surface area (TPSA) is 71.4 Å². The van der Waals surface area contributed by atoms with Crippen molar-refractivity contribution >= 4 is 15.0 Å². The first-order valence-electron chi connectivity index (χ1n) is 8.14. The molecular formula is C17H36FHfN3Si. The van der Waals surface area contributed by atoms with E-state index in [2.05, 4.69) is 0 Å². The first-order chi connectivity index (χ1) is 10.2. The smallest absolute Gasteiger partial charge is 0.675 e. The van der Waals surface area contributed by atoms with Gasteiger partial charge in [-0.05, 0) is 0 Å². The number of halogens is 1. The van der Waals surface area contributed by atoms with Crippen LogP contribution in [-0.2, 0) is 25.8 Å². The quantitative estimate of drug-likeness (QED) is 0.289. The molecule has 0 aliphatic heterocycles. The van der Waals surface area contributed by atoms with E-state index in [1.807, 2.05) is 65.8 Å². The van der Waals surface area contributed by atoms with E-state index in [1.54, 1.807) is 0 Å². The zero-order valence-corrected chi connectivity index (χ0v) is 20.8. The summed E-state index contributed by atoms with van der Waals surface area (Å²) in [5, 5.41) is 0.903. The Labute approximate surface area is 165 Å². The molecule has 3 N–H and O–H groups in total. The van der Waals surface area contributed by atoms with Gasteiger partial charge in [0.05, 0.1) is 0 Å². The van der Waals surface area contributed by atoms with E-state index < -0.39 is 9.85 Å². The van der Waals surface area contributed by atoms with Gasteiger partial charge in [-0.3, -0.25) is 0 Å². The zero-order chi connectivity index (χ0) is 18.0. The van der Waals surface area contributed by atoms with Gasteiger partial charge < -0.3 is 21.3 Å². The van der Waals surface area contributed by atoms with Gasteiger partial charge in [-0.25, -0.2) is 12.1 Å². The minimum atomic E-state index is -1.37. The molecule has 0 fully saturated rings. The van der Waals surface area contributed by atoms with Crippen LogP contribution in [0.4, 0.5) is 4.11 Å². The Morgan fingerprint density at radius 2 is 1.04 bits per heavy atom. The molecule has 0 bridgehead atoms. The summed E-state index contributed by atoms with van der Waals surface area (Å²) in [6.07, 6.45) is 2.92. The fraction of sp³-hybridized carbons (Fsp3) is 0.706. The van der Waals surface area contributed by atoms with Crippen LogP contribution in [-0.4, -0.2) is 28.0 Å². The normalized spacial score (nSPS) is 13.1.